The second kappa shape index (κ2) is 5.97. The van der Waals surface area contributed by atoms with Crippen LogP contribution in [0.1, 0.15) is 0 Å². The molecule has 0 saturated heterocycles. The number of sulfonamides is 1. The van der Waals surface area contributed by atoms with Gasteiger partial charge in [-0.15, -0.1) is 0 Å². The smallest absolute Gasteiger partial charge is 0.242 e. The summed E-state index contributed by atoms with van der Waals surface area (Å²) in [6.07, 6.45) is -0.889. The number of para-hydroxylation sites is 1. The third kappa shape index (κ3) is 3.97. The molecule has 1 atom stereocenters. The van der Waals surface area contributed by atoms with E-state index in [0.717, 1.165) is 0 Å². The number of nitrogens with two attached hydrogens (primary N) is 1. The first-order valence-corrected chi connectivity index (χ1v) is 6.47. The van der Waals surface area contributed by atoms with Crippen molar-refractivity contribution < 1.29 is 18.3 Å². The Balaban J connectivity index is 2.73. The minimum Gasteiger partial charge on any atom is -0.398 e. The van der Waals surface area contributed by atoms with Gasteiger partial charge in [-0.2, -0.15) is 0 Å². The van der Waals surface area contributed by atoms with E-state index in [4.69, 9.17) is 5.73 Å². The summed E-state index contributed by atoms with van der Waals surface area (Å²) in [6, 6.07) is 6.13. The lowest BCUT2D eigenvalue weighted by Crippen LogP contribution is -2.34. The molecule has 96 valence electrons. The van der Waals surface area contributed by atoms with Crippen LogP contribution >= 0.6 is 0 Å². The number of aliphatic hydroxyl groups excluding tert-OH is 1. The van der Waals surface area contributed by atoms with Crippen molar-refractivity contribution in [2.75, 3.05) is 26.0 Å². The molecule has 0 bridgehead atoms. The highest BCUT2D eigenvalue weighted by Crippen LogP contribution is 2.16. The first kappa shape index (κ1) is 13.9. The number of aliphatic hydroxyl groups is 1. The zero-order chi connectivity index (χ0) is 12.9. The highest BCUT2D eigenvalue weighted by Gasteiger charge is 2.17. The monoisotopic (exact) mass is 260 g/mol. The predicted molar refractivity (Wildman–Crippen MR) is 63.9 cm³/mol. The van der Waals surface area contributed by atoms with E-state index in [1.54, 1.807) is 12.1 Å². The lowest BCUT2D eigenvalue weighted by Gasteiger charge is -2.12. The highest BCUT2D eigenvalue weighted by molar-refractivity contribution is 7.89. The van der Waals surface area contributed by atoms with Gasteiger partial charge in [0.25, 0.3) is 0 Å². The van der Waals surface area contributed by atoms with Crippen molar-refractivity contribution in [3.05, 3.63) is 24.3 Å². The Hall–Kier alpha value is -1.15. The minimum absolute atomic E-state index is 0.00427. The molecule has 0 fully saturated rings. The molecule has 6 nitrogen and oxygen atoms in total. The van der Waals surface area contributed by atoms with Crippen molar-refractivity contribution in [3.8, 4) is 0 Å². The molecule has 0 radical (unpaired) electrons. The Morgan fingerprint density at radius 3 is 2.71 bits per heavy atom. The minimum atomic E-state index is -3.69. The summed E-state index contributed by atoms with van der Waals surface area (Å²) in [4.78, 5) is 0.00427. The van der Waals surface area contributed by atoms with Gasteiger partial charge in [0.15, 0.2) is 0 Å². The molecule has 0 aromatic heterocycles. The molecule has 1 aromatic rings. The van der Waals surface area contributed by atoms with Crippen LogP contribution in [-0.2, 0) is 14.8 Å². The van der Waals surface area contributed by atoms with Crippen LogP contribution < -0.4 is 10.5 Å². The van der Waals surface area contributed by atoms with Gasteiger partial charge in [-0.3, -0.25) is 0 Å². The molecule has 1 unspecified atom stereocenters. The topological polar surface area (TPSA) is 102 Å². The number of benzene rings is 1. The van der Waals surface area contributed by atoms with Crippen LogP contribution in [0, 0.1) is 0 Å². The number of hydrogen-bond acceptors (Lipinski definition) is 5. The number of nitrogen functional groups attached to an aromatic ring is 1. The maximum absolute atomic E-state index is 11.8. The number of ether oxygens (including phenoxy) is 1. The molecule has 0 spiro atoms. The maximum atomic E-state index is 11.8. The number of nitrogens with one attached hydrogen (secondary N) is 1. The first-order chi connectivity index (χ1) is 7.97. The summed E-state index contributed by atoms with van der Waals surface area (Å²) in [5, 5.41) is 9.35. The van der Waals surface area contributed by atoms with Crippen molar-refractivity contribution in [1.29, 1.82) is 0 Å². The van der Waals surface area contributed by atoms with Crippen LogP contribution in [-0.4, -0.2) is 39.9 Å². The number of methoxy groups -OCH3 is 1. The lowest BCUT2D eigenvalue weighted by molar-refractivity contribution is 0.0679. The van der Waals surface area contributed by atoms with Crippen molar-refractivity contribution in [3.63, 3.8) is 0 Å². The van der Waals surface area contributed by atoms with Gasteiger partial charge in [-0.1, -0.05) is 12.1 Å². The normalized spacial score (nSPS) is 13.5. The SMILES string of the molecule is COCC(O)CNS(=O)(=O)c1ccccc1N. The van der Waals surface area contributed by atoms with E-state index in [1.165, 1.54) is 19.2 Å². The van der Waals surface area contributed by atoms with E-state index < -0.39 is 16.1 Å². The molecule has 0 amide bonds. The van der Waals surface area contributed by atoms with Gasteiger partial charge >= 0.3 is 0 Å². The Morgan fingerprint density at radius 1 is 1.47 bits per heavy atom. The number of anilines is 1. The molecule has 0 aliphatic rings. The molecule has 7 heteroatoms. The van der Waals surface area contributed by atoms with Crippen LogP contribution in [0.5, 0.6) is 0 Å². The van der Waals surface area contributed by atoms with Gasteiger partial charge in [0, 0.05) is 13.7 Å². The Morgan fingerprint density at radius 2 is 2.12 bits per heavy atom. The second-order valence-electron chi connectivity index (χ2n) is 3.50. The van der Waals surface area contributed by atoms with Crippen LogP contribution in [0.4, 0.5) is 5.69 Å². The average molecular weight is 260 g/mol. The Bertz CT molecular complexity index is 461. The largest absolute Gasteiger partial charge is 0.398 e. The average Bonchev–Trinajstić information content (AvgIpc) is 2.27. The molecule has 0 aliphatic heterocycles. The quantitative estimate of drug-likeness (QED) is 0.602. The third-order valence-electron chi connectivity index (χ3n) is 2.08. The van der Waals surface area contributed by atoms with Crippen LogP contribution in [0.15, 0.2) is 29.2 Å². The van der Waals surface area contributed by atoms with E-state index in [9.17, 15) is 13.5 Å². The zero-order valence-corrected chi connectivity index (χ0v) is 10.3. The second-order valence-corrected chi connectivity index (χ2v) is 5.23. The number of hydrogen-bond donors (Lipinski definition) is 3. The van der Waals surface area contributed by atoms with Gasteiger partial charge in [0.05, 0.1) is 18.4 Å². The van der Waals surface area contributed by atoms with Gasteiger partial charge in [0.2, 0.25) is 10.0 Å². The summed E-state index contributed by atoms with van der Waals surface area (Å²) < 4.78 is 30.6. The first-order valence-electron chi connectivity index (χ1n) is 4.98. The summed E-state index contributed by atoms with van der Waals surface area (Å²) in [5.74, 6) is 0. The fourth-order valence-corrected chi connectivity index (χ4v) is 2.46. The summed E-state index contributed by atoms with van der Waals surface area (Å²) in [7, 11) is -2.27. The van der Waals surface area contributed by atoms with E-state index in [2.05, 4.69) is 9.46 Å². The fourth-order valence-electron chi connectivity index (χ4n) is 1.26. The van der Waals surface area contributed by atoms with E-state index in [-0.39, 0.29) is 23.7 Å². The summed E-state index contributed by atoms with van der Waals surface area (Å²) in [5.41, 5.74) is 5.73. The van der Waals surface area contributed by atoms with Crippen molar-refractivity contribution in [2.24, 2.45) is 0 Å². The Kier molecular flexibility index (Phi) is 4.88. The van der Waals surface area contributed by atoms with E-state index >= 15 is 0 Å². The molecule has 17 heavy (non-hydrogen) atoms. The molecule has 1 aromatic carbocycles. The summed E-state index contributed by atoms with van der Waals surface area (Å²) >= 11 is 0. The molecule has 0 heterocycles. The molecule has 0 aliphatic carbocycles. The van der Waals surface area contributed by atoms with E-state index in [1.807, 2.05) is 0 Å². The predicted octanol–water partition coefficient (Wildman–Crippen LogP) is -0.446. The molecule has 1 rings (SSSR count). The van der Waals surface area contributed by atoms with E-state index in [0.29, 0.717) is 0 Å². The van der Waals surface area contributed by atoms with Gasteiger partial charge in [-0.05, 0) is 12.1 Å². The lowest BCUT2D eigenvalue weighted by atomic mass is 10.3. The molecule has 0 saturated carbocycles. The van der Waals surface area contributed by atoms with Crippen LogP contribution in [0.25, 0.3) is 0 Å². The van der Waals surface area contributed by atoms with Crippen molar-refractivity contribution in [2.45, 2.75) is 11.0 Å². The standard InChI is InChI=1S/C10H16N2O4S/c1-16-7-8(13)6-12-17(14,15)10-5-3-2-4-9(10)11/h2-5,8,12-13H,6-7,11H2,1H3. The molecule has 4 N–H and O–H groups in total. The van der Waals surface area contributed by atoms with Crippen molar-refractivity contribution >= 4 is 15.7 Å². The Labute approximate surface area is 100 Å². The molecular formula is C10H16N2O4S. The zero-order valence-electron chi connectivity index (χ0n) is 9.46. The van der Waals surface area contributed by atoms with Gasteiger partial charge < -0.3 is 15.6 Å². The summed E-state index contributed by atoms with van der Waals surface area (Å²) in [6.45, 7) is -0.0582. The third-order valence-corrected chi connectivity index (χ3v) is 3.57. The highest BCUT2D eigenvalue weighted by atomic mass is 32.2. The van der Waals surface area contributed by atoms with Crippen molar-refractivity contribution in [1.82, 2.24) is 4.72 Å². The fraction of sp³-hybridized carbons (Fsp3) is 0.400. The van der Waals surface area contributed by atoms with Gasteiger partial charge in [0.1, 0.15) is 4.90 Å². The molecular weight excluding hydrogens is 244 g/mol. The van der Waals surface area contributed by atoms with Crippen LogP contribution in [0.2, 0.25) is 0 Å². The van der Waals surface area contributed by atoms with Crippen LogP contribution in [0.3, 0.4) is 0 Å². The maximum Gasteiger partial charge on any atom is 0.242 e. The number of rotatable bonds is 6. The van der Waals surface area contributed by atoms with Gasteiger partial charge in [-0.25, -0.2) is 13.1 Å².